The van der Waals surface area contributed by atoms with Gasteiger partial charge in [-0.2, -0.15) is 4.98 Å². The number of ether oxygens (including phenoxy) is 2. The first-order valence-electron chi connectivity index (χ1n) is 9.75. The summed E-state index contributed by atoms with van der Waals surface area (Å²) in [4.78, 5) is 21.8. The average Bonchev–Trinajstić information content (AvgIpc) is 3.54. The Morgan fingerprint density at radius 1 is 1.10 bits per heavy atom. The van der Waals surface area contributed by atoms with Gasteiger partial charge in [0.05, 0.1) is 18.2 Å². The Kier molecular flexibility index (Phi) is 4.63. The molecule has 1 saturated carbocycles. The van der Waals surface area contributed by atoms with Gasteiger partial charge in [-0.05, 0) is 37.1 Å². The van der Waals surface area contributed by atoms with Gasteiger partial charge in [-0.15, -0.1) is 0 Å². The van der Waals surface area contributed by atoms with Gasteiger partial charge in [-0.25, -0.2) is 4.79 Å². The summed E-state index contributed by atoms with van der Waals surface area (Å²) in [6, 6.07) is 16.8. The molecule has 4 aromatic rings. The van der Waals surface area contributed by atoms with Crippen LogP contribution in [0.15, 0.2) is 59.1 Å². The highest BCUT2D eigenvalue weighted by Crippen LogP contribution is 2.40. The van der Waals surface area contributed by atoms with Gasteiger partial charge in [-0.3, -0.25) is 4.98 Å². The minimum absolute atomic E-state index is 0.106. The largest absolute Gasteiger partial charge is 0.497 e. The van der Waals surface area contributed by atoms with Crippen LogP contribution in [0, 0.1) is 0 Å². The molecular formula is C23H19N3O4. The van der Waals surface area contributed by atoms with E-state index < -0.39 is 5.97 Å². The number of fused-ring (bicyclic) bond motifs is 1. The van der Waals surface area contributed by atoms with Crippen LogP contribution in [0.2, 0.25) is 0 Å². The second-order valence-electron chi connectivity index (χ2n) is 7.21. The summed E-state index contributed by atoms with van der Waals surface area (Å²) < 4.78 is 15.9. The number of rotatable bonds is 6. The molecule has 30 heavy (non-hydrogen) atoms. The topological polar surface area (TPSA) is 87.3 Å². The van der Waals surface area contributed by atoms with Crippen molar-refractivity contribution in [2.24, 2.45) is 0 Å². The van der Waals surface area contributed by atoms with Crippen molar-refractivity contribution in [1.82, 2.24) is 15.1 Å². The van der Waals surface area contributed by atoms with E-state index in [2.05, 4.69) is 10.1 Å². The molecule has 150 valence electrons. The Bertz CT molecular complexity index is 1230. The fourth-order valence-corrected chi connectivity index (χ4v) is 3.35. The summed E-state index contributed by atoms with van der Waals surface area (Å²) in [5.74, 6) is 1.33. The van der Waals surface area contributed by atoms with Crippen LogP contribution in [-0.4, -0.2) is 28.2 Å². The summed E-state index contributed by atoms with van der Waals surface area (Å²) in [7, 11) is 1.59. The molecule has 0 radical (unpaired) electrons. The van der Waals surface area contributed by atoms with Crippen LogP contribution in [0.1, 0.15) is 40.7 Å². The van der Waals surface area contributed by atoms with Crippen LogP contribution in [0.25, 0.3) is 22.3 Å². The Hall–Kier alpha value is -3.74. The first kappa shape index (κ1) is 18.3. The molecule has 0 spiro atoms. The molecule has 0 atom stereocenters. The lowest BCUT2D eigenvalue weighted by atomic mass is 10.1. The van der Waals surface area contributed by atoms with Gasteiger partial charge in [0.25, 0.3) is 5.89 Å². The smallest absolute Gasteiger partial charge is 0.339 e. The van der Waals surface area contributed by atoms with Crippen molar-refractivity contribution >= 4 is 16.9 Å². The number of carbonyl (C=O) groups excluding carboxylic acids is 1. The minimum Gasteiger partial charge on any atom is -0.497 e. The standard InChI is InChI=1S/C23H19N3O4/c1-28-16-6-4-5-15(11-16)22-25-21(30-26-22)13-29-23(27)18-12-20(14-9-10-14)24-19-8-3-2-7-17(18)19/h2-8,11-12,14H,9-10,13H2,1H3. The fourth-order valence-electron chi connectivity index (χ4n) is 3.35. The molecule has 5 rings (SSSR count). The van der Waals surface area contributed by atoms with Gasteiger partial charge in [0, 0.05) is 22.6 Å². The number of hydrogen-bond acceptors (Lipinski definition) is 7. The predicted octanol–water partition coefficient (Wildman–Crippen LogP) is 4.53. The molecule has 0 bridgehead atoms. The minimum atomic E-state index is -0.434. The molecule has 2 aromatic heterocycles. The molecule has 0 aliphatic heterocycles. The van der Waals surface area contributed by atoms with E-state index in [-0.39, 0.29) is 12.5 Å². The summed E-state index contributed by atoms with van der Waals surface area (Å²) in [6.45, 7) is -0.106. The Labute approximate surface area is 172 Å². The molecule has 0 unspecified atom stereocenters. The second kappa shape index (κ2) is 7.59. The van der Waals surface area contributed by atoms with E-state index in [1.807, 2.05) is 54.6 Å². The number of pyridine rings is 1. The van der Waals surface area contributed by atoms with Gasteiger partial charge < -0.3 is 14.0 Å². The number of nitrogens with zero attached hydrogens (tertiary/aromatic N) is 3. The molecule has 2 heterocycles. The van der Waals surface area contributed by atoms with E-state index in [0.29, 0.717) is 23.1 Å². The zero-order valence-electron chi connectivity index (χ0n) is 16.4. The van der Waals surface area contributed by atoms with Crippen LogP contribution in [-0.2, 0) is 11.3 Å². The maximum absolute atomic E-state index is 12.8. The quantitative estimate of drug-likeness (QED) is 0.439. The maximum atomic E-state index is 12.8. The van der Waals surface area contributed by atoms with Crippen molar-refractivity contribution in [1.29, 1.82) is 0 Å². The molecule has 1 fully saturated rings. The van der Waals surface area contributed by atoms with Crippen LogP contribution in [0.4, 0.5) is 0 Å². The van der Waals surface area contributed by atoms with Crippen molar-refractivity contribution in [3.05, 3.63) is 71.7 Å². The number of esters is 1. The normalized spacial score (nSPS) is 13.4. The van der Waals surface area contributed by atoms with E-state index >= 15 is 0 Å². The summed E-state index contributed by atoms with van der Waals surface area (Å²) >= 11 is 0. The fraction of sp³-hybridized carbons (Fsp3) is 0.217. The lowest BCUT2D eigenvalue weighted by molar-refractivity contribution is 0.0432. The number of methoxy groups -OCH3 is 1. The zero-order chi connectivity index (χ0) is 20.5. The summed E-state index contributed by atoms with van der Waals surface area (Å²) in [6.07, 6.45) is 2.21. The highest BCUT2D eigenvalue weighted by atomic mass is 16.6. The predicted molar refractivity (Wildman–Crippen MR) is 109 cm³/mol. The molecule has 2 aromatic carbocycles. The van der Waals surface area contributed by atoms with Crippen LogP contribution < -0.4 is 4.74 Å². The van der Waals surface area contributed by atoms with Crippen LogP contribution in [0.3, 0.4) is 0 Å². The number of aromatic nitrogens is 3. The first-order chi connectivity index (χ1) is 14.7. The van der Waals surface area contributed by atoms with Gasteiger partial charge in [0.2, 0.25) is 5.82 Å². The van der Waals surface area contributed by atoms with E-state index in [1.165, 1.54) is 0 Å². The third-order valence-corrected chi connectivity index (χ3v) is 5.07. The van der Waals surface area contributed by atoms with E-state index in [1.54, 1.807) is 7.11 Å². The van der Waals surface area contributed by atoms with E-state index in [9.17, 15) is 4.79 Å². The number of para-hydroxylation sites is 1. The van der Waals surface area contributed by atoms with Gasteiger partial charge in [0.1, 0.15) is 5.75 Å². The molecule has 7 heteroatoms. The van der Waals surface area contributed by atoms with E-state index in [0.717, 1.165) is 35.0 Å². The SMILES string of the molecule is COc1cccc(-c2noc(COC(=O)c3cc(C4CC4)nc4ccccc34)n2)c1. The summed E-state index contributed by atoms with van der Waals surface area (Å²) in [5.41, 5.74) is 3.01. The Morgan fingerprint density at radius 2 is 1.97 bits per heavy atom. The van der Waals surface area contributed by atoms with Gasteiger partial charge >= 0.3 is 5.97 Å². The van der Waals surface area contributed by atoms with Gasteiger partial charge in [-0.1, -0.05) is 35.5 Å². The molecule has 7 nitrogen and oxygen atoms in total. The third kappa shape index (κ3) is 3.61. The number of benzene rings is 2. The Balaban J connectivity index is 1.35. The molecular weight excluding hydrogens is 382 g/mol. The molecule has 0 amide bonds. The monoisotopic (exact) mass is 401 g/mol. The average molecular weight is 401 g/mol. The van der Waals surface area contributed by atoms with E-state index in [4.69, 9.17) is 19.0 Å². The maximum Gasteiger partial charge on any atom is 0.339 e. The molecule has 0 N–H and O–H groups in total. The first-order valence-corrected chi connectivity index (χ1v) is 9.75. The number of hydrogen-bond donors (Lipinski definition) is 0. The zero-order valence-corrected chi connectivity index (χ0v) is 16.4. The van der Waals surface area contributed by atoms with Crippen molar-refractivity contribution in [2.75, 3.05) is 7.11 Å². The highest BCUT2D eigenvalue weighted by Gasteiger charge is 2.27. The summed E-state index contributed by atoms with van der Waals surface area (Å²) in [5, 5.41) is 4.74. The highest BCUT2D eigenvalue weighted by molar-refractivity contribution is 6.03. The Morgan fingerprint density at radius 3 is 2.80 bits per heavy atom. The van der Waals surface area contributed by atoms with Crippen molar-refractivity contribution in [3.8, 4) is 17.1 Å². The molecule has 0 saturated heterocycles. The van der Waals surface area contributed by atoms with Crippen molar-refractivity contribution < 1.29 is 18.8 Å². The van der Waals surface area contributed by atoms with Crippen molar-refractivity contribution in [2.45, 2.75) is 25.4 Å². The third-order valence-electron chi connectivity index (χ3n) is 5.07. The van der Waals surface area contributed by atoms with Crippen LogP contribution >= 0.6 is 0 Å². The molecule has 1 aliphatic rings. The molecule has 1 aliphatic carbocycles. The lowest BCUT2D eigenvalue weighted by Crippen LogP contribution is -2.08. The lowest BCUT2D eigenvalue weighted by Gasteiger charge is -2.08. The number of carbonyl (C=O) groups is 1. The second-order valence-corrected chi connectivity index (χ2v) is 7.21. The van der Waals surface area contributed by atoms with Crippen molar-refractivity contribution in [3.63, 3.8) is 0 Å². The van der Waals surface area contributed by atoms with Gasteiger partial charge in [0.15, 0.2) is 6.61 Å². The van der Waals surface area contributed by atoms with Crippen LogP contribution in [0.5, 0.6) is 5.75 Å².